The molecule has 8 heteroatoms. The first-order valence-electron chi connectivity index (χ1n) is 7.17. The molecule has 124 valence electrons. The van der Waals surface area contributed by atoms with Crippen LogP contribution in [0.5, 0.6) is 0 Å². The molecule has 0 unspecified atom stereocenters. The van der Waals surface area contributed by atoms with E-state index < -0.39 is 10.0 Å². The van der Waals surface area contributed by atoms with Crippen LogP contribution >= 0.6 is 22.9 Å². The number of halogens is 2. The average molecular weight is 375 g/mol. The fraction of sp³-hybridized carbons (Fsp3) is 0.333. The van der Waals surface area contributed by atoms with Gasteiger partial charge >= 0.3 is 0 Å². The first-order chi connectivity index (χ1) is 10.9. The molecule has 0 bridgehead atoms. The average Bonchev–Trinajstić information content (AvgIpc) is 2.98. The minimum Gasteiger partial charge on any atom is -0.296 e. The maximum atomic E-state index is 12.9. The van der Waals surface area contributed by atoms with Crippen LogP contribution in [0, 0.1) is 5.82 Å². The fourth-order valence-electron chi connectivity index (χ4n) is 2.54. The second-order valence-corrected chi connectivity index (χ2v) is 9.25. The Kier molecular flexibility index (Phi) is 5.03. The van der Waals surface area contributed by atoms with Crippen LogP contribution in [0.25, 0.3) is 0 Å². The van der Waals surface area contributed by atoms with Gasteiger partial charge in [-0.05, 0) is 29.8 Å². The molecular formula is C15H16ClFN2O2S2. The van der Waals surface area contributed by atoms with E-state index >= 15 is 0 Å². The first kappa shape index (κ1) is 16.9. The number of benzene rings is 1. The van der Waals surface area contributed by atoms with Gasteiger partial charge < -0.3 is 0 Å². The third-order valence-corrected chi connectivity index (χ3v) is 7.39. The Morgan fingerprint density at radius 3 is 2.26 bits per heavy atom. The van der Waals surface area contributed by atoms with E-state index in [1.807, 2.05) is 0 Å². The lowest BCUT2D eigenvalue weighted by Crippen LogP contribution is -2.48. The van der Waals surface area contributed by atoms with Crippen molar-refractivity contribution in [1.29, 1.82) is 0 Å². The molecule has 1 aliphatic rings. The van der Waals surface area contributed by atoms with E-state index in [1.54, 1.807) is 24.3 Å². The smallest absolute Gasteiger partial charge is 0.252 e. The van der Waals surface area contributed by atoms with Crippen LogP contribution in [0.15, 0.2) is 40.6 Å². The Morgan fingerprint density at radius 1 is 1.04 bits per heavy atom. The van der Waals surface area contributed by atoms with Gasteiger partial charge in [0, 0.05) is 32.7 Å². The lowest BCUT2D eigenvalue weighted by molar-refractivity contribution is 0.181. The van der Waals surface area contributed by atoms with E-state index in [1.165, 1.54) is 16.4 Å². The largest absolute Gasteiger partial charge is 0.296 e. The minimum atomic E-state index is -3.45. The second kappa shape index (κ2) is 6.86. The van der Waals surface area contributed by atoms with Crippen molar-refractivity contribution in [2.24, 2.45) is 0 Å². The summed E-state index contributed by atoms with van der Waals surface area (Å²) < 4.78 is 40.2. The highest BCUT2D eigenvalue weighted by Crippen LogP contribution is 2.28. The minimum absolute atomic E-state index is 0.251. The number of hydrogen-bond donors (Lipinski definition) is 0. The maximum absolute atomic E-state index is 12.9. The Bertz CT molecular complexity index is 769. The SMILES string of the molecule is O=S(=O)(c1ccc(Cl)s1)N1CCN(Cc2ccc(F)cc2)CC1. The first-order valence-corrected chi connectivity index (χ1v) is 9.81. The maximum Gasteiger partial charge on any atom is 0.252 e. The Hall–Kier alpha value is -0.990. The van der Waals surface area contributed by atoms with Crippen LogP contribution in [-0.2, 0) is 16.6 Å². The van der Waals surface area contributed by atoms with E-state index in [9.17, 15) is 12.8 Å². The summed E-state index contributed by atoms with van der Waals surface area (Å²) in [5.74, 6) is -0.251. The predicted molar refractivity (Wildman–Crippen MR) is 89.8 cm³/mol. The molecule has 1 aromatic heterocycles. The number of hydrogen-bond acceptors (Lipinski definition) is 4. The Balaban J connectivity index is 1.61. The summed E-state index contributed by atoms with van der Waals surface area (Å²) in [6.07, 6.45) is 0. The summed E-state index contributed by atoms with van der Waals surface area (Å²) in [5, 5.41) is 0. The Labute approximate surface area is 144 Å². The van der Waals surface area contributed by atoms with Crippen LogP contribution in [0.1, 0.15) is 5.56 Å². The predicted octanol–water partition coefficient (Wildman–Crippen LogP) is 3.05. The topological polar surface area (TPSA) is 40.6 Å². The van der Waals surface area contributed by atoms with Crippen molar-refractivity contribution in [2.45, 2.75) is 10.8 Å². The van der Waals surface area contributed by atoms with E-state index in [4.69, 9.17) is 11.6 Å². The molecule has 0 radical (unpaired) electrons. The van der Waals surface area contributed by atoms with E-state index in [0.29, 0.717) is 37.1 Å². The molecule has 2 heterocycles. The zero-order chi connectivity index (χ0) is 16.4. The van der Waals surface area contributed by atoms with Crippen molar-refractivity contribution >= 4 is 33.0 Å². The molecule has 0 aliphatic carbocycles. The lowest BCUT2D eigenvalue weighted by atomic mass is 10.2. The summed E-state index contributed by atoms with van der Waals surface area (Å²) >= 11 is 6.91. The van der Waals surface area contributed by atoms with Gasteiger partial charge in [-0.3, -0.25) is 4.90 Å². The fourth-order valence-corrected chi connectivity index (χ4v) is 5.60. The molecule has 3 rings (SSSR count). The molecule has 0 N–H and O–H groups in total. The molecular weight excluding hydrogens is 359 g/mol. The van der Waals surface area contributed by atoms with Crippen molar-refractivity contribution in [1.82, 2.24) is 9.21 Å². The van der Waals surface area contributed by atoms with Crippen molar-refractivity contribution in [3.63, 3.8) is 0 Å². The van der Waals surface area contributed by atoms with Gasteiger partial charge in [0.05, 0.1) is 4.34 Å². The highest BCUT2D eigenvalue weighted by Gasteiger charge is 2.29. The highest BCUT2D eigenvalue weighted by atomic mass is 35.5. The van der Waals surface area contributed by atoms with Gasteiger partial charge in [0.25, 0.3) is 10.0 Å². The molecule has 2 aromatic rings. The van der Waals surface area contributed by atoms with Crippen molar-refractivity contribution in [3.8, 4) is 0 Å². The summed E-state index contributed by atoms with van der Waals surface area (Å²) in [7, 11) is -3.45. The normalized spacial score (nSPS) is 17.5. The summed E-state index contributed by atoms with van der Waals surface area (Å²) in [4.78, 5) is 2.17. The van der Waals surface area contributed by atoms with Crippen LogP contribution in [0.3, 0.4) is 0 Å². The number of sulfonamides is 1. The van der Waals surface area contributed by atoms with E-state index in [2.05, 4.69) is 4.90 Å². The summed E-state index contributed by atoms with van der Waals surface area (Å²) in [5.41, 5.74) is 1.02. The van der Waals surface area contributed by atoms with Crippen LogP contribution in [0.4, 0.5) is 4.39 Å². The molecule has 0 saturated carbocycles. The van der Waals surface area contributed by atoms with Gasteiger partial charge in [0.2, 0.25) is 0 Å². The van der Waals surface area contributed by atoms with Gasteiger partial charge in [0.15, 0.2) is 0 Å². The van der Waals surface area contributed by atoms with E-state index in [-0.39, 0.29) is 10.0 Å². The van der Waals surface area contributed by atoms with Crippen molar-refractivity contribution in [2.75, 3.05) is 26.2 Å². The van der Waals surface area contributed by atoms with Gasteiger partial charge in [-0.15, -0.1) is 11.3 Å². The lowest BCUT2D eigenvalue weighted by Gasteiger charge is -2.33. The molecule has 1 aromatic carbocycles. The molecule has 1 fully saturated rings. The summed E-state index contributed by atoms with van der Waals surface area (Å²) in [6, 6.07) is 9.54. The van der Waals surface area contributed by atoms with Gasteiger partial charge in [0.1, 0.15) is 10.0 Å². The molecule has 0 spiro atoms. The molecule has 23 heavy (non-hydrogen) atoms. The van der Waals surface area contributed by atoms with Crippen molar-refractivity contribution < 1.29 is 12.8 Å². The van der Waals surface area contributed by atoms with Crippen molar-refractivity contribution in [3.05, 3.63) is 52.1 Å². The van der Waals surface area contributed by atoms with Crippen LogP contribution < -0.4 is 0 Å². The third-order valence-electron chi connectivity index (χ3n) is 3.79. The quantitative estimate of drug-likeness (QED) is 0.825. The third kappa shape index (κ3) is 3.92. The monoisotopic (exact) mass is 374 g/mol. The van der Waals surface area contributed by atoms with E-state index in [0.717, 1.165) is 16.9 Å². The van der Waals surface area contributed by atoms with Crippen LogP contribution in [-0.4, -0.2) is 43.8 Å². The number of rotatable bonds is 4. The molecule has 4 nitrogen and oxygen atoms in total. The number of nitrogens with zero attached hydrogens (tertiary/aromatic N) is 2. The van der Waals surface area contributed by atoms with Gasteiger partial charge in [-0.25, -0.2) is 12.8 Å². The number of piperazine rings is 1. The Morgan fingerprint density at radius 2 is 1.70 bits per heavy atom. The molecule has 0 atom stereocenters. The molecule has 0 amide bonds. The molecule has 1 saturated heterocycles. The second-order valence-electron chi connectivity index (χ2n) is 5.37. The zero-order valence-electron chi connectivity index (χ0n) is 12.3. The summed E-state index contributed by atoms with van der Waals surface area (Å²) in [6.45, 7) is 2.88. The van der Waals surface area contributed by atoms with Gasteiger partial charge in [-0.1, -0.05) is 23.7 Å². The number of thiophene rings is 1. The van der Waals surface area contributed by atoms with Crippen LogP contribution in [0.2, 0.25) is 4.34 Å². The molecule has 1 aliphatic heterocycles. The zero-order valence-corrected chi connectivity index (χ0v) is 14.7. The van der Waals surface area contributed by atoms with Gasteiger partial charge in [-0.2, -0.15) is 4.31 Å². The highest BCUT2D eigenvalue weighted by molar-refractivity contribution is 7.91. The standard InChI is InChI=1S/C15H16ClFN2O2S2/c16-14-5-6-15(22-14)23(20,21)19-9-7-18(8-10-19)11-12-1-3-13(17)4-2-12/h1-6H,7-11H2.